The van der Waals surface area contributed by atoms with Crippen molar-refractivity contribution in [1.29, 1.82) is 0 Å². The number of halogens is 2. The van der Waals surface area contributed by atoms with E-state index in [1.165, 1.54) is 13.2 Å². The SMILES string of the molecule is COC(=O)C[C@H](C(=O)N1CCC[C@H]1c1ncc(-c2ccc(I)c(-c3ccccc3F)c2)[nH]1)C(C)C. The number of carbonyl (C=O) groups is 2. The Labute approximate surface area is 218 Å². The summed E-state index contributed by atoms with van der Waals surface area (Å²) in [5, 5.41) is 0. The number of benzene rings is 2. The van der Waals surface area contributed by atoms with Crippen molar-refractivity contribution in [2.24, 2.45) is 11.8 Å². The smallest absolute Gasteiger partial charge is 0.306 e. The van der Waals surface area contributed by atoms with Gasteiger partial charge >= 0.3 is 5.97 Å². The number of aromatic amines is 1. The normalized spacial score (nSPS) is 16.5. The van der Waals surface area contributed by atoms with Gasteiger partial charge in [-0.25, -0.2) is 9.37 Å². The first-order chi connectivity index (χ1) is 16.8. The first-order valence-corrected chi connectivity index (χ1v) is 12.8. The minimum atomic E-state index is -0.433. The van der Waals surface area contributed by atoms with Crippen LogP contribution in [0.25, 0.3) is 22.4 Å². The summed E-state index contributed by atoms with van der Waals surface area (Å²) in [6, 6.07) is 12.5. The van der Waals surface area contributed by atoms with Gasteiger partial charge in [0.25, 0.3) is 0 Å². The molecule has 1 amide bonds. The molecule has 3 aromatic rings. The molecule has 2 aromatic carbocycles. The highest BCUT2D eigenvalue weighted by molar-refractivity contribution is 14.1. The van der Waals surface area contributed by atoms with Crippen molar-refractivity contribution in [3.63, 3.8) is 0 Å². The van der Waals surface area contributed by atoms with E-state index in [4.69, 9.17) is 4.74 Å². The molecule has 1 N–H and O–H groups in total. The number of rotatable bonds is 7. The molecule has 184 valence electrons. The number of methoxy groups -OCH3 is 1. The van der Waals surface area contributed by atoms with Gasteiger partial charge in [-0.1, -0.05) is 38.1 Å². The topological polar surface area (TPSA) is 75.3 Å². The van der Waals surface area contributed by atoms with Gasteiger partial charge < -0.3 is 14.6 Å². The van der Waals surface area contributed by atoms with Gasteiger partial charge in [-0.3, -0.25) is 9.59 Å². The number of amides is 1. The third-order valence-corrected chi connectivity index (χ3v) is 7.57. The Balaban J connectivity index is 1.60. The molecule has 2 atom stereocenters. The predicted molar refractivity (Wildman–Crippen MR) is 141 cm³/mol. The molecule has 4 rings (SSSR count). The fourth-order valence-electron chi connectivity index (χ4n) is 4.63. The fraction of sp³-hybridized carbons (Fsp3) is 0.370. The van der Waals surface area contributed by atoms with E-state index in [-0.39, 0.29) is 36.1 Å². The second kappa shape index (κ2) is 10.9. The van der Waals surface area contributed by atoms with Crippen LogP contribution >= 0.6 is 22.6 Å². The van der Waals surface area contributed by atoms with Crippen molar-refractivity contribution >= 4 is 34.5 Å². The van der Waals surface area contributed by atoms with Gasteiger partial charge in [0.1, 0.15) is 11.6 Å². The number of H-pyrrole nitrogens is 1. The molecular weight excluding hydrogens is 560 g/mol. The van der Waals surface area contributed by atoms with Crippen LogP contribution in [0.3, 0.4) is 0 Å². The summed E-state index contributed by atoms with van der Waals surface area (Å²) in [5.41, 5.74) is 3.07. The molecule has 0 saturated carbocycles. The Morgan fingerprint density at radius 1 is 1.23 bits per heavy atom. The predicted octanol–water partition coefficient (Wildman–Crippen LogP) is 5.99. The number of hydrogen-bond acceptors (Lipinski definition) is 4. The lowest BCUT2D eigenvalue weighted by molar-refractivity contribution is -0.148. The Bertz CT molecular complexity index is 1230. The van der Waals surface area contributed by atoms with Crippen molar-refractivity contribution in [1.82, 2.24) is 14.9 Å². The molecule has 6 nitrogen and oxygen atoms in total. The van der Waals surface area contributed by atoms with Gasteiger partial charge in [-0.15, -0.1) is 0 Å². The van der Waals surface area contributed by atoms with Crippen LogP contribution in [-0.2, 0) is 14.3 Å². The van der Waals surface area contributed by atoms with E-state index < -0.39 is 5.92 Å². The van der Waals surface area contributed by atoms with Crippen LogP contribution in [0.4, 0.5) is 4.39 Å². The number of likely N-dealkylation sites (tertiary alicyclic amines) is 1. The maximum absolute atomic E-state index is 14.5. The first-order valence-electron chi connectivity index (χ1n) is 11.8. The van der Waals surface area contributed by atoms with Gasteiger partial charge in [0.2, 0.25) is 5.91 Å². The van der Waals surface area contributed by atoms with E-state index in [1.807, 2.05) is 43.0 Å². The highest BCUT2D eigenvalue weighted by atomic mass is 127. The van der Waals surface area contributed by atoms with Gasteiger partial charge in [0, 0.05) is 21.2 Å². The van der Waals surface area contributed by atoms with E-state index >= 15 is 0 Å². The second-order valence-corrected chi connectivity index (χ2v) is 10.3. The molecule has 1 aliphatic heterocycles. The third kappa shape index (κ3) is 5.42. The van der Waals surface area contributed by atoms with Crippen molar-refractivity contribution in [3.8, 4) is 22.4 Å². The van der Waals surface area contributed by atoms with Crippen molar-refractivity contribution < 1.29 is 18.7 Å². The van der Waals surface area contributed by atoms with Crippen LogP contribution < -0.4 is 0 Å². The highest BCUT2D eigenvalue weighted by Gasteiger charge is 2.37. The van der Waals surface area contributed by atoms with Gasteiger partial charge in [-0.05, 0) is 65.1 Å². The molecule has 1 aromatic heterocycles. The largest absolute Gasteiger partial charge is 0.469 e. The number of hydrogen-bond donors (Lipinski definition) is 1. The number of nitrogens with one attached hydrogen (secondary N) is 1. The lowest BCUT2D eigenvalue weighted by Gasteiger charge is -2.29. The monoisotopic (exact) mass is 589 g/mol. The number of nitrogens with zero attached hydrogens (tertiary/aromatic N) is 2. The molecule has 0 radical (unpaired) electrons. The molecule has 0 spiro atoms. The highest BCUT2D eigenvalue weighted by Crippen LogP contribution is 2.36. The summed E-state index contributed by atoms with van der Waals surface area (Å²) >= 11 is 2.22. The van der Waals surface area contributed by atoms with Crippen molar-refractivity contribution in [2.75, 3.05) is 13.7 Å². The third-order valence-electron chi connectivity index (χ3n) is 6.62. The quantitative estimate of drug-likeness (QED) is 0.272. The minimum absolute atomic E-state index is 0.0126. The lowest BCUT2D eigenvalue weighted by Crippen LogP contribution is -2.39. The zero-order valence-electron chi connectivity index (χ0n) is 20.1. The summed E-state index contributed by atoms with van der Waals surface area (Å²) in [7, 11) is 1.34. The first kappa shape index (κ1) is 25.3. The van der Waals surface area contributed by atoms with E-state index in [1.54, 1.807) is 18.3 Å². The molecule has 1 saturated heterocycles. The maximum Gasteiger partial charge on any atom is 0.306 e. The zero-order valence-corrected chi connectivity index (χ0v) is 22.2. The van der Waals surface area contributed by atoms with Gasteiger partial charge in [0.05, 0.1) is 37.4 Å². The average molecular weight is 589 g/mol. The molecular formula is C27H29FIN3O3. The number of imidazole rings is 1. The molecule has 8 heteroatoms. The molecule has 2 heterocycles. The lowest BCUT2D eigenvalue weighted by atomic mass is 9.91. The summed E-state index contributed by atoms with van der Waals surface area (Å²) in [6.07, 6.45) is 3.50. The van der Waals surface area contributed by atoms with Crippen molar-refractivity contribution in [3.05, 3.63) is 63.9 Å². The molecule has 0 unspecified atom stereocenters. The Hall–Kier alpha value is -2.75. The second-order valence-electron chi connectivity index (χ2n) is 9.18. The summed E-state index contributed by atoms with van der Waals surface area (Å²) in [5.74, 6) is -0.382. The Kier molecular flexibility index (Phi) is 7.88. The van der Waals surface area contributed by atoms with Crippen LogP contribution in [0.2, 0.25) is 0 Å². The molecule has 35 heavy (non-hydrogen) atoms. The number of ether oxygens (including phenoxy) is 1. The van der Waals surface area contributed by atoms with Gasteiger partial charge in [-0.2, -0.15) is 0 Å². The van der Waals surface area contributed by atoms with Gasteiger partial charge in [0.15, 0.2) is 0 Å². The van der Waals surface area contributed by atoms with E-state index in [0.29, 0.717) is 12.1 Å². The zero-order chi connectivity index (χ0) is 25.1. The molecule has 1 aliphatic rings. The number of carbonyl (C=O) groups excluding carboxylic acids is 2. The number of esters is 1. The van der Waals surface area contributed by atoms with Crippen LogP contribution in [0.5, 0.6) is 0 Å². The Morgan fingerprint density at radius 2 is 2.00 bits per heavy atom. The van der Waals surface area contributed by atoms with E-state index in [9.17, 15) is 14.0 Å². The number of aromatic nitrogens is 2. The molecule has 0 aliphatic carbocycles. The van der Waals surface area contributed by atoms with Crippen LogP contribution in [0, 0.1) is 21.2 Å². The summed E-state index contributed by atoms with van der Waals surface area (Å²) < 4.78 is 20.2. The minimum Gasteiger partial charge on any atom is -0.469 e. The maximum atomic E-state index is 14.5. The fourth-order valence-corrected chi connectivity index (χ4v) is 5.26. The standard InChI is InChI=1S/C27H29FIN3O3/c1-16(2)19(14-25(33)35-3)27(34)32-12-6-9-24(32)26-30-15-23(31-26)17-10-11-22(29)20(13-17)18-7-4-5-8-21(18)28/h4-5,7-8,10-11,13,15-16,19,24H,6,9,12,14H2,1-3H3,(H,30,31)/t19-,24-/m0/s1. The van der Waals surface area contributed by atoms with Crippen LogP contribution in [0.15, 0.2) is 48.7 Å². The summed E-state index contributed by atoms with van der Waals surface area (Å²) in [4.78, 5) is 35.2. The Morgan fingerprint density at radius 3 is 2.71 bits per heavy atom. The van der Waals surface area contributed by atoms with E-state index in [0.717, 1.165) is 39.1 Å². The molecule has 0 bridgehead atoms. The van der Waals surface area contributed by atoms with Crippen LogP contribution in [0.1, 0.15) is 45.0 Å². The van der Waals surface area contributed by atoms with E-state index in [2.05, 4.69) is 32.6 Å². The van der Waals surface area contributed by atoms with Crippen molar-refractivity contribution in [2.45, 2.75) is 39.2 Å². The summed E-state index contributed by atoms with van der Waals surface area (Å²) in [6.45, 7) is 4.53. The van der Waals surface area contributed by atoms with Crippen LogP contribution in [-0.4, -0.2) is 40.4 Å². The average Bonchev–Trinajstić information content (AvgIpc) is 3.52. The molecule has 1 fully saturated rings.